The van der Waals surface area contributed by atoms with Gasteiger partial charge in [-0.2, -0.15) is 0 Å². The van der Waals surface area contributed by atoms with Crippen LogP contribution in [-0.2, 0) is 4.79 Å². The summed E-state index contributed by atoms with van der Waals surface area (Å²) in [6.45, 7) is 5.00. The minimum Gasteiger partial charge on any atom is -0.491 e. The monoisotopic (exact) mass is 293 g/mol. The maximum absolute atomic E-state index is 11.6. The lowest BCUT2D eigenvalue weighted by Crippen LogP contribution is -2.42. The fourth-order valence-electron chi connectivity index (χ4n) is 2.16. The number of nitrogens with one attached hydrogen (secondary N) is 2. The van der Waals surface area contributed by atoms with E-state index in [4.69, 9.17) is 15.2 Å². The summed E-state index contributed by atoms with van der Waals surface area (Å²) in [6, 6.07) is 4.69. The topological polar surface area (TPSA) is 103 Å². The standard InChI is InChI=1S/C14H19N3O4/c1-3-16-11-7-20-12-6-9(4-5-10(11)12)21-8(2)13(18)17-14(15)19/h4-6,8,11,16H,3,7H2,1-2H3,(H3,15,17,18,19). The van der Waals surface area contributed by atoms with Gasteiger partial charge < -0.3 is 20.5 Å². The second kappa shape index (κ2) is 6.45. The molecular formula is C14H19N3O4. The van der Waals surface area contributed by atoms with Crippen molar-refractivity contribution in [2.45, 2.75) is 26.0 Å². The molecule has 21 heavy (non-hydrogen) atoms. The Morgan fingerprint density at radius 1 is 1.52 bits per heavy atom. The lowest BCUT2D eigenvalue weighted by molar-refractivity contribution is -0.126. The summed E-state index contributed by atoms with van der Waals surface area (Å²) in [6.07, 6.45) is -0.832. The van der Waals surface area contributed by atoms with Crippen LogP contribution in [0.1, 0.15) is 25.5 Å². The number of likely N-dealkylation sites (N-methyl/N-ethyl adjacent to an activating group) is 1. The SMILES string of the molecule is CCNC1COc2cc(OC(C)C(=O)NC(N)=O)ccc21. The van der Waals surface area contributed by atoms with Crippen LogP contribution in [0.2, 0.25) is 0 Å². The molecule has 7 nitrogen and oxygen atoms in total. The van der Waals surface area contributed by atoms with E-state index in [2.05, 4.69) is 5.32 Å². The fourth-order valence-corrected chi connectivity index (χ4v) is 2.16. The highest BCUT2D eigenvalue weighted by molar-refractivity contribution is 5.95. The summed E-state index contributed by atoms with van der Waals surface area (Å²) in [7, 11) is 0. The van der Waals surface area contributed by atoms with E-state index in [-0.39, 0.29) is 6.04 Å². The molecule has 0 bridgehead atoms. The van der Waals surface area contributed by atoms with Crippen molar-refractivity contribution in [2.75, 3.05) is 13.2 Å². The number of fused-ring (bicyclic) bond motifs is 1. The number of imide groups is 1. The van der Waals surface area contributed by atoms with E-state index in [1.807, 2.05) is 18.3 Å². The van der Waals surface area contributed by atoms with Gasteiger partial charge in [-0.15, -0.1) is 0 Å². The number of hydrogen-bond donors (Lipinski definition) is 3. The molecule has 7 heteroatoms. The molecule has 2 rings (SSSR count). The Hall–Kier alpha value is -2.28. The first-order chi connectivity index (χ1) is 10.0. The third-order valence-corrected chi connectivity index (χ3v) is 3.14. The Bertz CT molecular complexity index is 547. The molecule has 1 aromatic carbocycles. The van der Waals surface area contributed by atoms with Gasteiger partial charge in [0, 0.05) is 11.6 Å². The molecule has 114 valence electrons. The fraction of sp³-hybridized carbons (Fsp3) is 0.429. The maximum atomic E-state index is 11.6. The van der Waals surface area contributed by atoms with Crippen LogP contribution in [0.25, 0.3) is 0 Å². The highest BCUT2D eigenvalue weighted by atomic mass is 16.5. The molecular weight excluding hydrogens is 274 g/mol. The number of benzene rings is 1. The molecule has 1 heterocycles. The Balaban J connectivity index is 2.03. The average molecular weight is 293 g/mol. The molecule has 4 N–H and O–H groups in total. The van der Waals surface area contributed by atoms with Gasteiger partial charge in [-0.05, 0) is 25.6 Å². The molecule has 0 saturated heterocycles. The number of nitrogens with two attached hydrogens (primary N) is 1. The third kappa shape index (κ3) is 3.63. The predicted octanol–water partition coefficient (Wildman–Crippen LogP) is 0.692. The van der Waals surface area contributed by atoms with E-state index in [1.54, 1.807) is 12.1 Å². The zero-order valence-corrected chi connectivity index (χ0v) is 12.0. The van der Waals surface area contributed by atoms with E-state index in [0.29, 0.717) is 12.4 Å². The second-order valence-corrected chi connectivity index (χ2v) is 4.73. The summed E-state index contributed by atoms with van der Waals surface area (Å²) in [5.74, 6) is 0.647. The summed E-state index contributed by atoms with van der Waals surface area (Å²) in [5.41, 5.74) is 5.96. The smallest absolute Gasteiger partial charge is 0.318 e. The molecule has 0 fully saturated rings. The van der Waals surface area contributed by atoms with Crippen molar-refractivity contribution in [3.8, 4) is 11.5 Å². The van der Waals surface area contributed by atoms with Crippen LogP contribution in [0.5, 0.6) is 11.5 Å². The van der Waals surface area contributed by atoms with Gasteiger partial charge in [0.05, 0.1) is 6.04 Å². The van der Waals surface area contributed by atoms with Crippen LogP contribution in [0, 0.1) is 0 Å². The van der Waals surface area contributed by atoms with Crippen LogP contribution in [0.4, 0.5) is 4.79 Å². The third-order valence-electron chi connectivity index (χ3n) is 3.14. The number of amides is 3. The molecule has 0 aliphatic carbocycles. The van der Waals surface area contributed by atoms with Crippen molar-refractivity contribution >= 4 is 11.9 Å². The van der Waals surface area contributed by atoms with Crippen molar-refractivity contribution in [2.24, 2.45) is 5.73 Å². The van der Waals surface area contributed by atoms with E-state index in [1.165, 1.54) is 6.92 Å². The summed E-state index contributed by atoms with van der Waals surface area (Å²) in [5, 5.41) is 5.29. The molecule has 1 aliphatic rings. The largest absolute Gasteiger partial charge is 0.491 e. The Morgan fingerprint density at radius 2 is 2.29 bits per heavy atom. The van der Waals surface area contributed by atoms with E-state index in [9.17, 15) is 9.59 Å². The average Bonchev–Trinajstić information content (AvgIpc) is 2.81. The highest BCUT2D eigenvalue weighted by Gasteiger charge is 2.24. The molecule has 1 aromatic rings. The number of primary amides is 1. The van der Waals surface area contributed by atoms with Crippen LogP contribution in [0.3, 0.4) is 0 Å². The number of carbonyl (C=O) groups is 2. The zero-order valence-electron chi connectivity index (χ0n) is 12.0. The van der Waals surface area contributed by atoms with Crippen LogP contribution < -0.4 is 25.8 Å². The Kier molecular flexibility index (Phi) is 4.64. The first-order valence-electron chi connectivity index (χ1n) is 6.78. The van der Waals surface area contributed by atoms with Crippen molar-refractivity contribution < 1.29 is 19.1 Å². The molecule has 0 spiro atoms. The number of rotatable bonds is 5. The number of ether oxygens (including phenoxy) is 2. The van der Waals surface area contributed by atoms with Crippen molar-refractivity contribution in [1.82, 2.24) is 10.6 Å². The van der Waals surface area contributed by atoms with Gasteiger partial charge in [-0.1, -0.05) is 6.92 Å². The lowest BCUT2D eigenvalue weighted by atomic mass is 10.1. The van der Waals surface area contributed by atoms with Gasteiger partial charge in [-0.25, -0.2) is 4.79 Å². The Labute approximate surface area is 122 Å². The normalized spacial score (nSPS) is 17.5. The predicted molar refractivity (Wildman–Crippen MR) is 76.2 cm³/mol. The first-order valence-corrected chi connectivity index (χ1v) is 6.78. The van der Waals surface area contributed by atoms with Gasteiger partial charge in [0.1, 0.15) is 18.1 Å². The lowest BCUT2D eigenvalue weighted by Gasteiger charge is -2.14. The minimum absolute atomic E-state index is 0.176. The quantitative estimate of drug-likeness (QED) is 0.741. The van der Waals surface area contributed by atoms with E-state index >= 15 is 0 Å². The van der Waals surface area contributed by atoms with Gasteiger partial charge >= 0.3 is 6.03 Å². The molecule has 2 atom stereocenters. The molecule has 0 radical (unpaired) electrons. The number of hydrogen-bond acceptors (Lipinski definition) is 5. The van der Waals surface area contributed by atoms with Gasteiger partial charge in [0.25, 0.3) is 5.91 Å². The summed E-state index contributed by atoms with van der Waals surface area (Å²) < 4.78 is 11.1. The van der Waals surface area contributed by atoms with E-state index < -0.39 is 18.0 Å². The van der Waals surface area contributed by atoms with Gasteiger partial charge in [-0.3, -0.25) is 10.1 Å². The molecule has 1 aliphatic heterocycles. The van der Waals surface area contributed by atoms with Crippen molar-refractivity contribution in [3.63, 3.8) is 0 Å². The van der Waals surface area contributed by atoms with Gasteiger partial charge in [0.2, 0.25) is 0 Å². The zero-order chi connectivity index (χ0) is 15.4. The summed E-state index contributed by atoms with van der Waals surface area (Å²) >= 11 is 0. The highest BCUT2D eigenvalue weighted by Crippen LogP contribution is 2.35. The van der Waals surface area contributed by atoms with Crippen LogP contribution in [0.15, 0.2) is 18.2 Å². The van der Waals surface area contributed by atoms with E-state index in [0.717, 1.165) is 17.9 Å². The molecule has 0 aromatic heterocycles. The van der Waals surface area contributed by atoms with Crippen LogP contribution in [-0.4, -0.2) is 31.2 Å². The summed E-state index contributed by atoms with van der Waals surface area (Å²) in [4.78, 5) is 22.2. The Morgan fingerprint density at radius 3 is 2.95 bits per heavy atom. The molecule has 0 saturated carbocycles. The van der Waals surface area contributed by atoms with Crippen LogP contribution >= 0.6 is 0 Å². The molecule has 3 amide bonds. The minimum atomic E-state index is -0.902. The molecule has 2 unspecified atom stereocenters. The second-order valence-electron chi connectivity index (χ2n) is 4.73. The van der Waals surface area contributed by atoms with Crippen molar-refractivity contribution in [3.05, 3.63) is 23.8 Å². The van der Waals surface area contributed by atoms with Gasteiger partial charge in [0.15, 0.2) is 6.10 Å². The number of carbonyl (C=O) groups excluding carboxylic acids is 2. The van der Waals surface area contributed by atoms with Crippen molar-refractivity contribution in [1.29, 1.82) is 0 Å². The maximum Gasteiger partial charge on any atom is 0.318 e. The number of urea groups is 1. The first kappa shape index (κ1) is 15.1.